The van der Waals surface area contributed by atoms with Crippen molar-refractivity contribution in [2.75, 3.05) is 31.1 Å². The largest absolute Gasteiger partial charge is 0.459 e. The molecule has 3 aromatic heterocycles. The summed E-state index contributed by atoms with van der Waals surface area (Å²) in [6.45, 7) is 6.65. The van der Waals surface area contributed by atoms with Gasteiger partial charge in [-0.3, -0.25) is 9.20 Å². The highest BCUT2D eigenvalue weighted by atomic mass is 16.3. The second kappa shape index (κ2) is 5.63. The van der Waals surface area contributed by atoms with Crippen LogP contribution >= 0.6 is 0 Å². The van der Waals surface area contributed by atoms with Gasteiger partial charge in [0, 0.05) is 37.9 Å². The van der Waals surface area contributed by atoms with E-state index in [0.717, 1.165) is 30.4 Å². The van der Waals surface area contributed by atoms with Crippen LogP contribution in [0.25, 0.3) is 5.78 Å². The lowest BCUT2D eigenvalue weighted by Gasteiger charge is -2.35. The van der Waals surface area contributed by atoms with Crippen molar-refractivity contribution in [2.45, 2.75) is 13.8 Å². The number of carbonyl (C=O) groups excluding carboxylic acids is 1. The Kier molecular flexibility index (Phi) is 3.44. The Hall–Kier alpha value is -2.90. The molecule has 1 fully saturated rings. The maximum Gasteiger partial charge on any atom is 0.289 e. The number of hydrogen-bond donors (Lipinski definition) is 0. The predicted octanol–water partition coefficient (Wildman–Crippen LogP) is 1.30. The Labute approximate surface area is 138 Å². The second-order valence-corrected chi connectivity index (χ2v) is 5.89. The number of furan rings is 1. The summed E-state index contributed by atoms with van der Waals surface area (Å²) >= 11 is 0. The molecule has 0 radical (unpaired) electrons. The Morgan fingerprint density at radius 2 is 1.96 bits per heavy atom. The minimum absolute atomic E-state index is 0.0627. The lowest BCUT2D eigenvalue weighted by Crippen LogP contribution is -2.49. The lowest BCUT2D eigenvalue weighted by molar-refractivity contribution is 0.0714. The van der Waals surface area contributed by atoms with E-state index in [2.05, 4.69) is 20.1 Å². The zero-order chi connectivity index (χ0) is 16.7. The van der Waals surface area contributed by atoms with Gasteiger partial charge in [-0.2, -0.15) is 4.98 Å². The smallest absolute Gasteiger partial charge is 0.289 e. The summed E-state index contributed by atoms with van der Waals surface area (Å²) in [7, 11) is 0. The number of aryl methyl sites for hydroxylation is 2. The summed E-state index contributed by atoms with van der Waals surface area (Å²) in [5.74, 6) is 2.63. The van der Waals surface area contributed by atoms with Crippen molar-refractivity contribution in [2.24, 2.45) is 0 Å². The van der Waals surface area contributed by atoms with Crippen LogP contribution in [0.15, 0.2) is 28.9 Å². The lowest BCUT2D eigenvalue weighted by atomic mass is 10.2. The van der Waals surface area contributed by atoms with Gasteiger partial charge >= 0.3 is 0 Å². The van der Waals surface area contributed by atoms with E-state index in [1.54, 1.807) is 12.1 Å². The zero-order valence-electron chi connectivity index (χ0n) is 13.6. The molecule has 0 unspecified atom stereocenters. The molecule has 1 aliphatic rings. The first-order valence-corrected chi connectivity index (χ1v) is 7.90. The van der Waals surface area contributed by atoms with Crippen LogP contribution in [0.2, 0.25) is 0 Å². The van der Waals surface area contributed by atoms with Crippen LogP contribution in [-0.4, -0.2) is 56.6 Å². The summed E-state index contributed by atoms with van der Waals surface area (Å²) in [4.78, 5) is 20.9. The fourth-order valence-corrected chi connectivity index (χ4v) is 3.08. The predicted molar refractivity (Wildman–Crippen MR) is 87.1 cm³/mol. The highest BCUT2D eigenvalue weighted by molar-refractivity contribution is 5.91. The van der Waals surface area contributed by atoms with Gasteiger partial charge in [0.1, 0.15) is 11.6 Å². The van der Waals surface area contributed by atoms with Gasteiger partial charge in [0.25, 0.3) is 11.7 Å². The summed E-state index contributed by atoms with van der Waals surface area (Å²) in [5.41, 5.74) is 1.05. The van der Waals surface area contributed by atoms with Gasteiger partial charge in [0.2, 0.25) is 0 Å². The van der Waals surface area contributed by atoms with Gasteiger partial charge in [-0.1, -0.05) is 0 Å². The van der Waals surface area contributed by atoms with Gasteiger partial charge in [0.05, 0.1) is 6.26 Å². The zero-order valence-corrected chi connectivity index (χ0v) is 13.6. The molecule has 1 aliphatic heterocycles. The maximum absolute atomic E-state index is 12.3. The highest BCUT2D eigenvalue weighted by Gasteiger charge is 2.24. The van der Waals surface area contributed by atoms with Crippen LogP contribution in [0.1, 0.15) is 22.1 Å². The molecule has 0 N–H and O–H groups in total. The van der Waals surface area contributed by atoms with E-state index < -0.39 is 0 Å². The van der Waals surface area contributed by atoms with Crippen molar-refractivity contribution in [1.82, 2.24) is 24.5 Å². The number of nitrogens with zero attached hydrogens (tertiary/aromatic N) is 6. The number of rotatable bonds is 2. The molecule has 3 aromatic rings. The summed E-state index contributed by atoms with van der Waals surface area (Å²) < 4.78 is 7.12. The molecular weight excluding hydrogens is 308 g/mol. The molecule has 124 valence electrons. The van der Waals surface area contributed by atoms with Crippen LogP contribution in [0.5, 0.6) is 0 Å². The van der Waals surface area contributed by atoms with Crippen molar-refractivity contribution in [3.05, 3.63) is 41.7 Å². The number of amides is 1. The summed E-state index contributed by atoms with van der Waals surface area (Å²) in [6, 6.07) is 5.46. The average Bonchev–Trinajstić information content (AvgIpc) is 3.25. The maximum atomic E-state index is 12.3. The first kappa shape index (κ1) is 14.7. The molecule has 0 bridgehead atoms. The minimum Gasteiger partial charge on any atom is -0.459 e. The molecule has 0 aromatic carbocycles. The third kappa shape index (κ3) is 2.40. The van der Waals surface area contributed by atoms with Gasteiger partial charge in [0.15, 0.2) is 5.76 Å². The third-order valence-corrected chi connectivity index (χ3v) is 4.34. The first-order chi connectivity index (χ1) is 11.6. The molecule has 24 heavy (non-hydrogen) atoms. The van der Waals surface area contributed by atoms with Crippen molar-refractivity contribution in [3.63, 3.8) is 0 Å². The second-order valence-electron chi connectivity index (χ2n) is 5.89. The van der Waals surface area contributed by atoms with Gasteiger partial charge in [-0.25, -0.2) is 0 Å². The fraction of sp³-hybridized carbons (Fsp3) is 0.375. The van der Waals surface area contributed by atoms with E-state index >= 15 is 0 Å². The molecule has 0 aliphatic carbocycles. The van der Waals surface area contributed by atoms with Crippen LogP contribution in [0.3, 0.4) is 0 Å². The molecule has 0 saturated carbocycles. The summed E-state index contributed by atoms with van der Waals surface area (Å²) in [6.07, 6.45) is 1.52. The molecule has 0 spiro atoms. The number of anilines is 1. The van der Waals surface area contributed by atoms with Gasteiger partial charge in [-0.05, 0) is 26.0 Å². The van der Waals surface area contributed by atoms with Crippen molar-refractivity contribution < 1.29 is 9.21 Å². The monoisotopic (exact) mass is 326 g/mol. The van der Waals surface area contributed by atoms with E-state index in [0.29, 0.717) is 24.6 Å². The molecule has 8 heteroatoms. The molecule has 1 saturated heterocycles. The Balaban J connectivity index is 1.51. The molecule has 1 amide bonds. The van der Waals surface area contributed by atoms with Crippen molar-refractivity contribution in [3.8, 4) is 0 Å². The Bertz CT molecular complexity index is 877. The van der Waals surface area contributed by atoms with Gasteiger partial charge in [-0.15, -0.1) is 10.2 Å². The first-order valence-electron chi connectivity index (χ1n) is 7.90. The Morgan fingerprint density at radius 1 is 1.17 bits per heavy atom. The topological polar surface area (TPSA) is 79.8 Å². The van der Waals surface area contributed by atoms with Crippen LogP contribution in [0, 0.1) is 13.8 Å². The molecule has 4 heterocycles. The van der Waals surface area contributed by atoms with E-state index in [9.17, 15) is 4.79 Å². The Morgan fingerprint density at radius 3 is 2.67 bits per heavy atom. The summed E-state index contributed by atoms with van der Waals surface area (Å²) in [5, 5.41) is 8.18. The SMILES string of the molecule is Cc1cc(N2CCN(C(=O)c3ccco3)CC2)nc2nnc(C)n12. The molecule has 0 atom stereocenters. The minimum atomic E-state index is -0.0627. The molecule has 8 nitrogen and oxygen atoms in total. The van der Waals surface area contributed by atoms with E-state index in [1.165, 1.54) is 6.26 Å². The molecular formula is C16H18N6O2. The number of fused-ring (bicyclic) bond motifs is 1. The fourth-order valence-electron chi connectivity index (χ4n) is 3.08. The van der Waals surface area contributed by atoms with Crippen molar-refractivity contribution in [1.29, 1.82) is 0 Å². The quantitative estimate of drug-likeness (QED) is 0.706. The highest BCUT2D eigenvalue weighted by Crippen LogP contribution is 2.18. The van der Waals surface area contributed by atoms with Crippen LogP contribution < -0.4 is 4.90 Å². The van der Waals surface area contributed by atoms with E-state index in [1.807, 2.05) is 29.2 Å². The normalized spacial score (nSPS) is 15.2. The molecule has 4 rings (SSSR count). The van der Waals surface area contributed by atoms with E-state index in [-0.39, 0.29) is 5.91 Å². The van der Waals surface area contributed by atoms with E-state index in [4.69, 9.17) is 4.42 Å². The number of aromatic nitrogens is 4. The number of hydrogen-bond acceptors (Lipinski definition) is 6. The third-order valence-electron chi connectivity index (χ3n) is 4.34. The van der Waals surface area contributed by atoms with Crippen LogP contribution in [-0.2, 0) is 0 Å². The van der Waals surface area contributed by atoms with Crippen molar-refractivity contribution >= 4 is 17.5 Å². The average molecular weight is 326 g/mol. The van der Waals surface area contributed by atoms with Crippen LogP contribution in [0.4, 0.5) is 5.82 Å². The number of piperazine rings is 1. The standard InChI is InChI=1S/C16H18N6O2/c1-11-10-14(17-16-19-18-12(2)22(11)16)20-5-7-21(8-6-20)15(23)13-4-3-9-24-13/h3-4,9-10H,5-8H2,1-2H3. The number of carbonyl (C=O) groups is 1. The van der Waals surface area contributed by atoms with Gasteiger partial charge < -0.3 is 14.2 Å².